The van der Waals surface area contributed by atoms with Gasteiger partial charge in [0, 0.05) is 33.5 Å². The van der Waals surface area contributed by atoms with E-state index >= 15 is 0 Å². The summed E-state index contributed by atoms with van der Waals surface area (Å²) in [6, 6.07) is 59.9. The van der Waals surface area contributed by atoms with Crippen LogP contribution < -0.4 is 19.3 Å². The minimum atomic E-state index is 0.827. The first-order valence-electron chi connectivity index (χ1n) is 16.1. The summed E-state index contributed by atoms with van der Waals surface area (Å²) in [6.45, 7) is 0. The molecule has 0 unspecified atom stereocenters. The molecule has 232 valence electrons. The summed E-state index contributed by atoms with van der Waals surface area (Å²) in [5.41, 5.74) is 6.51. The third-order valence-corrected chi connectivity index (χ3v) is 9.01. The van der Waals surface area contributed by atoms with Crippen LogP contribution in [-0.4, -0.2) is 14.2 Å². The number of fused-ring (bicyclic) bond motifs is 5. The largest absolute Gasteiger partial charge is 0.497 e. The number of methoxy groups -OCH3 is 2. The summed E-state index contributed by atoms with van der Waals surface area (Å²) in [6.07, 6.45) is 0. The summed E-state index contributed by atoms with van der Waals surface area (Å²) >= 11 is 0. The van der Waals surface area contributed by atoms with Crippen LogP contribution in [0, 0.1) is 0 Å². The molecule has 4 heteroatoms. The molecule has 8 aromatic rings. The molecule has 8 rings (SSSR count). The highest BCUT2D eigenvalue weighted by Crippen LogP contribution is 2.47. The van der Waals surface area contributed by atoms with Crippen molar-refractivity contribution in [1.29, 1.82) is 0 Å². The Bertz CT molecular complexity index is 2180. The van der Waals surface area contributed by atoms with Gasteiger partial charge in [0.1, 0.15) is 11.5 Å². The van der Waals surface area contributed by atoms with Crippen molar-refractivity contribution in [3.8, 4) is 11.5 Å². The van der Waals surface area contributed by atoms with E-state index in [2.05, 4.69) is 155 Å². The average Bonchev–Trinajstić information content (AvgIpc) is 3.16. The summed E-state index contributed by atoms with van der Waals surface area (Å²) in [7, 11) is 3.40. The molecule has 0 spiro atoms. The van der Waals surface area contributed by atoms with Crippen LogP contribution in [0.25, 0.3) is 32.3 Å². The van der Waals surface area contributed by atoms with E-state index in [0.717, 1.165) is 45.6 Å². The third kappa shape index (κ3) is 5.14. The Hall–Kier alpha value is -6.26. The van der Waals surface area contributed by atoms with Crippen LogP contribution in [0.15, 0.2) is 170 Å². The average molecular weight is 623 g/mol. The van der Waals surface area contributed by atoms with Crippen LogP contribution in [0.3, 0.4) is 0 Å². The molecule has 0 N–H and O–H groups in total. The second-order valence-electron chi connectivity index (χ2n) is 11.7. The number of nitrogens with zero attached hydrogens (tertiary/aromatic N) is 2. The van der Waals surface area contributed by atoms with E-state index in [1.165, 1.54) is 32.3 Å². The van der Waals surface area contributed by atoms with Gasteiger partial charge in [-0.3, -0.25) is 0 Å². The zero-order valence-electron chi connectivity index (χ0n) is 26.9. The van der Waals surface area contributed by atoms with Gasteiger partial charge in [-0.15, -0.1) is 0 Å². The fraction of sp³-hybridized carbons (Fsp3) is 0.0455. The fourth-order valence-electron chi connectivity index (χ4n) is 6.75. The van der Waals surface area contributed by atoms with Gasteiger partial charge in [-0.05, 0) is 106 Å². The first kappa shape index (κ1) is 29.2. The topological polar surface area (TPSA) is 24.9 Å². The summed E-state index contributed by atoms with van der Waals surface area (Å²) in [4.78, 5) is 4.69. The second-order valence-corrected chi connectivity index (χ2v) is 11.7. The molecule has 0 bridgehead atoms. The van der Waals surface area contributed by atoms with Crippen molar-refractivity contribution in [2.24, 2.45) is 0 Å². The molecule has 48 heavy (non-hydrogen) atoms. The standard InChI is InChI=1S/C44H34N2O2/c1-47-35-25-21-33(22-26-35)45(31-13-5-3-6-14-31)43-29-41-38-18-10-12-20-40(38)44(30-42(41)37-17-9-11-19-39(37)43)46(32-15-7-4-8-16-32)34-23-27-36(48-2)28-24-34/h3-30H,1-2H3. The van der Waals surface area contributed by atoms with Gasteiger partial charge in [-0.1, -0.05) is 84.9 Å². The van der Waals surface area contributed by atoms with Gasteiger partial charge in [-0.25, -0.2) is 0 Å². The highest BCUT2D eigenvalue weighted by Gasteiger charge is 2.22. The van der Waals surface area contributed by atoms with E-state index in [9.17, 15) is 0 Å². The summed E-state index contributed by atoms with van der Waals surface area (Å²) in [5.74, 6) is 1.65. The minimum absolute atomic E-state index is 0.827. The van der Waals surface area contributed by atoms with Gasteiger partial charge in [0.15, 0.2) is 0 Å². The quantitative estimate of drug-likeness (QED) is 0.157. The Morgan fingerprint density at radius 3 is 0.979 bits per heavy atom. The number of hydrogen-bond acceptors (Lipinski definition) is 4. The molecular weight excluding hydrogens is 588 g/mol. The maximum Gasteiger partial charge on any atom is 0.119 e. The number of anilines is 6. The first-order valence-corrected chi connectivity index (χ1v) is 16.1. The van der Waals surface area contributed by atoms with Gasteiger partial charge < -0.3 is 19.3 Å². The van der Waals surface area contributed by atoms with Crippen LogP contribution in [0.4, 0.5) is 34.1 Å². The summed E-state index contributed by atoms with van der Waals surface area (Å²) < 4.78 is 11.0. The van der Waals surface area contributed by atoms with E-state index in [0.29, 0.717) is 0 Å². The zero-order valence-corrected chi connectivity index (χ0v) is 26.9. The van der Waals surface area contributed by atoms with E-state index in [1.54, 1.807) is 14.2 Å². The van der Waals surface area contributed by atoms with Gasteiger partial charge in [0.2, 0.25) is 0 Å². The third-order valence-electron chi connectivity index (χ3n) is 9.01. The van der Waals surface area contributed by atoms with Gasteiger partial charge >= 0.3 is 0 Å². The van der Waals surface area contributed by atoms with Crippen molar-refractivity contribution in [3.05, 3.63) is 170 Å². The van der Waals surface area contributed by atoms with E-state index in [4.69, 9.17) is 9.47 Å². The number of hydrogen-bond donors (Lipinski definition) is 0. The lowest BCUT2D eigenvalue weighted by atomic mass is 9.93. The number of para-hydroxylation sites is 2. The Kier molecular flexibility index (Phi) is 7.60. The van der Waals surface area contributed by atoms with Crippen molar-refractivity contribution in [2.75, 3.05) is 24.0 Å². The van der Waals surface area contributed by atoms with Crippen molar-refractivity contribution in [3.63, 3.8) is 0 Å². The lowest BCUT2D eigenvalue weighted by molar-refractivity contribution is 0.414. The van der Waals surface area contributed by atoms with Crippen LogP contribution in [0.5, 0.6) is 11.5 Å². The predicted octanol–water partition coefficient (Wildman–Crippen LogP) is 12.1. The minimum Gasteiger partial charge on any atom is -0.497 e. The SMILES string of the molecule is COc1ccc(N(c2ccccc2)c2cc3c4ccccc4c(N(c4ccccc4)c4ccc(OC)cc4)cc3c3ccccc23)cc1. The van der Waals surface area contributed by atoms with Gasteiger partial charge in [0.05, 0.1) is 25.6 Å². The monoisotopic (exact) mass is 622 g/mol. The molecule has 0 aliphatic rings. The van der Waals surface area contributed by atoms with Crippen molar-refractivity contribution < 1.29 is 9.47 Å². The molecule has 0 atom stereocenters. The van der Waals surface area contributed by atoms with Gasteiger partial charge in [-0.2, -0.15) is 0 Å². The molecule has 0 amide bonds. The van der Waals surface area contributed by atoms with Crippen molar-refractivity contribution >= 4 is 66.4 Å². The number of benzene rings is 8. The highest BCUT2D eigenvalue weighted by molar-refractivity contribution is 6.24. The molecule has 0 aliphatic carbocycles. The molecule has 0 saturated carbocycles. The molecule has 0 heterocycles. The predicted molar refractivity (Wildman–Crippen MR) is 201 cm³/mol. The Balaban J connectivity index is 1.44. The Morgan fingerprint density at radius 1 is 0.312 bits per heavy atom. The second kappa shape index (κ2) is 12.5. The fourth-order valence-corrected chi connectivity index (χ4v) is 6.75. The maximum atomic E-state index is 5.51. The molecule has 4 nitrogen and oxygen atoms in total. The van der Waals surface area contributed by atoms with E-state index < -0.39 is 0 Å². The number of ether oxygens (including phenoxy) is 2. The molecule has 0 radical (unpaired) electrons. The van der Waals surface area contributed by atoms with Crippen LogP contribution in [-0.2, 0) is 0 Å². The van der Waals surface area contributed by atoms with Crippen LogP contribution in [0.1, 0.15) is 0 Å². The molecule has 0 fully saturated rings. The molecular formula is C44H34N2O2. The molecule has 0 aromatic heterocycles. The normalized spacial score (nSPS) is 11.1. The smallest absolute Gasteiger partial charge is 0.119 e. The van der Waals surface area contributed by atoms with Gasteiger partial charge in [0.25, 0.3) is 0 Å². The van der Waals surface area contributed by atoms with Crippen LogP contribution in [0.2, 0.25) is 0 Å². The first-order chi connectivity index (χ1) is 23.7. The Morgan fingerprint density at radius 2 is 0.625 bits per heavy atom. The lowest BCUT2D eigenvalue weighted by Crippen LogP contribution is -2.11. The molecule has 0 aliphatic heterocycles. The van der Waals surface area contributed by atoms with Crippen LogP contribution >= 0.6 is 0 Å². The number of rotatable bonds is 8. The molecule has 0 saturated heterocycles. The maximum absolute atomic E-state index is 5.51. The van der Waals surface area contributed by atoms with Crippen molar-refractivity contribution in [2.45, 2.75) is 0 Å². The van der Waals surface area contributed by atoms with E-state index in [-0.39, 0.29) is 0 Å². The summed E-state index contributed by atoms with van der Waals surface area (Å²) in [5, 5.41) is 7.10. The van der Waals surface area contributed by atoms with E-state index in [1.807, 2.05) is 24.3 Å². The zero-order chi connectivity index (χ0) is 32.5. The van der Waals surface area contributed by atoms with Crippen molar-refractivity contribution in [1.82, 2.24) is 0 Å². The molecule has 8 aromatic carbocycles. The lowest BCUT2D eigenvalue weighted by Gasteiger charge is -2.29. The highest BCUT2D eigenvalue weighted by atomic mass is 16.5. The Labute approximate surface area is 280 Å².